The molecule has 0 amide bonds. The highest BCUT2D eigenvalue weighted by atomic mass is 79.9. The standard InChI is InChI=1S/C6H7BrN4O2/c1-3(7)2-8-4-5(12)9-6(13)11-10-4/h1-2H2,(H,8,10)(H2,9,11,12,13). The molecule has 0 atom stereocenters. The van der Waals surface area contributed by atoms with Crippen LogP contribution in [-0.2, 0) is 0 Å². The van der Waals surface area contributed by atoms with Crippen molar-refractivity contribution in [2.24, 2.45) is 0 Å². The van der Waals surface area contributed by atoms with Gasteiger partial charge in [-0.3, -0.25) is 9.78 Å². The van der Waals surface area contributed by atoms with Crippen molar-refractivity contribution < 1.29 is 0 Å². The zero-order chi connectivity index (χ0) is 9.84. The largest absolute Gasteiger partial charge is 0.359 e. The molecule has 7 heteroatoms. The molecule has 0 aliphatic carbocycles. The van der Waals surface area contributed by atoms with Gasteiger partial charge in [0.05, 0.1) is 0 Å². The van der Waals surface area contributed by atoms with E-state index < -0.39 is 11.2 Å². The molecule has 0 bridgehead atoms. The van der Waals surface area contributed by atoms with Crippen LogP contribution in [0.4, 0.5) is 5.82 Å². The van der Waals surface area contributed by atoms with Gasteiger partial charge in [-0.2, -0.15) is 0 Å². The van der Waals surface area contributed by atoms with E-state index in [1.165, 1.54) is 0 Å². The number of aromatic amines is 2. The summed E-state index contributed by atoms with van der Waals surface area (Å²) in [5.74, 6) is 0.0557. The van der Waals surface area contributed by atoms with Gasteiger partial charge in [0.25, 0.3) is 5.56 Å². The number of hydrogen-bond acceptors (Lipinski definition) is 4. The Balaban J connectivity index is 2.84. The lowest BCUT2D eigenvalue weighted by molar-refractivity contribution is 0.890. The van der Waals surface area contributed by atoms with Gasteiger partial charge in [0, 0.05) is 11.0 Å². The molecule has 0 unspecified atom stereocenters. The lowest BCUT2D eigenvalue weighted by atomic mass is 10.6. The molecule has 0 radical (unpaired) electrons. The molecule has 0 fully saturated rings. The van der Waals surface area contributed by atoms with Crippen LogP contribution in [0.25, 0.3) is 0 Å². The summed E-state index contributed by atoms with van der Waals surface area (Å²) < 4.78 is 0.680. The molecule has 1 aromatic rings. The topological polar surface area (TPSA) is 90.6 Å². The molecule has 0 spiro atoms. The first kappa shape index (κ1) is 9.72. The highest BCUT2D eigenvalue weighted by Gasteiger charge is 1.99. The molecule has 1 rings (SSSR count). The minimum absolute atomic E-state index is 0.0557. The van der Waals surface area contributed by atoms with Gasteiger partial charge in [-0.1, -0.05) is 22.5 Å². The number of aromatic nitrogens is 3. The minimum Gasteiger partial charge on any atom is -0.359 e. The molecule has 6 nitrogen and oxygen atoms in total. The third kappa shape index (κ3) is 2.86. The Morgan fingerprint density at radius 1 is 1.62 bits per heavy atom. The Kier molecular flexibility index (Phi) is 3.02. The monoisotopic (exact) mass is 246 g/mol. The first-order valence-electron chi connectivity index (χ1n) is 3.36. The van der Waals surface area contributed by atoms with Crippen LogP contribution in [0, 0.1) is 0 Å². The number of hydrogen-bond donors (Lipinski definition) is 3. The maximum Gasteiger partial charge on any atom is 0.342 e. The van der Waals surface area contributed by atoms with Crippen LogP contribution in [0.3, 0.4) is 0 Å². The Hall–Kier alpha value is -1.37. The van der Waals surface area contributed by atoms with Crippen LogP contribution >= 0.6 is 15.9 Å². The molecule has 1 heterocycles. The van der Waals surface area contributed by atoms with E-state index in [1.54, 1.807) is 0 Å². The number of nitrogens with zero attached hydrogens (tertiary/aromatic N) is 1. The molecule has 0 aliphatic heterocycles. The van der Waals surface area contributed by atoms with E-state index >= 15 is 0 Å². The average molecular weight is 247 g/mol. The highest BCUT2D eigenvalue weighted by Crippen LogP contribution is 1.99. The van der Waals surface area contributed by atoms with Crippen molar-refractivity contribution in [1.82, 2.24) is 15.2 Å². The number of nitrogens with one attached hydrogen (secondary N) is 3. The zero-order valence-electron chi connectivity index (χ0n) is 6.56. The second-order valence-electron chi connectivity index (χ2n) is 2.23. The van der Waals surface area contributed by atoms with Crippen molar-refractivity contribution in [2.45, 2.75) is 0 Å². The highest BCUT2D eigenvalue weighted by molar-refractivity contribution is 9.11. The van der Waals surface area contributed by atoms with E-state index in [2.05, 4.69) is 38.0 Å². The van der Waals surface area contributed by atoms with Gasteiger partial charge in [0.1, 0.15) is 0 Å². The summed E-state index contributed by atoms with van der Waals surface area (Å²) in [6.07, 6.45) is 0. The predicted octanol–water partition coefficient (Wildman–Crippen LogP) is -0.221. The average Bonchev–Trinajstić information content (AvgIpc) is 2.02. The second kappa shape index (κ2) is 4.04. The van der Waals surface area contributed by atoms with Crippen molar-refractivity contribution in [2.75, 3.05) is 11.9 Å². The van der Waals surface area contributed by atoms with Crippen molar-refractivity contribution >= 4 is 21.7 Å². The summed E-state index contributed by atoms with van der Waals surface area (Å²) in [4.78, 5) is 23.6. The van der Waals surface area contributed by atoms with Gasteiger partial charge in [-0.15, -0.1) is 5.10 Å². The molecule has 13 heavy (non-hydrogen) atoms. The molecule has 70 valence electrons. The molecular weight excluding hydrogens is 240 g/mol. The number of halogens is 1. The van der Waals surface area contributed by atoms with Gasteiger partial charge >= 0.3 is 5.69 Å². The summed E-state index contributed by atoms with van der Waals surface area (Å²) in [5.41, 5.74) is -1.19. The number of rotatable bonds is 3. The first-order valence-corrected chi connectivity index (χ1v) is 4.15. The van der Waals surface area contributed by atoms with E-state index in [1.807, 2.05) is 4.98 Å². The lowest BCUT2D eigenvalue weighted by Crippen LogP contribution is -2.27. The Morgan fingerprint density at radius 2 is 2.31 bits per heavy atom. The van der Waals surface area contributed by atoms with Gasteiger partial charge in [-0.25, -0.2) is 9.89 Å². The van der Waals surface area contributed by atoms with Crippen molar-refractivity contribution in [1.29, 1.82) is 0 Å². The third-order valence-electron chi connectivity index (χ3n) is 1.16. The quantitative estimate of drug-likeness (QED) is 0.688. The summed E-state index contributed by atoms with van der Waals surface area (Å²) >= 11 is 3.10. The van der Waals surface area contributed by atoms with Crippen LogP contribution in [0.15, 0.2) is 20.7 Å². The summed E-state index contributed by atoms with van der Waals surface area (Å²) in [5, 5.41) is 8.26. The van der Waals surface area contributed by atoms with Crippen LogP contribution in [0.1, 0.15) is 0 Å². The molecule has 3 N–H and O–H groups in total. The van der Waals surface area contributed by atoms with Gasteiger partial charge in [0.15, 0.2) is 0 Å². The molecule has 0 saturated carbocycles. The van der Waals surface area contributed by atoms with E-state index in [4.69, 9.17) is 0 Å². The lowest BCUT2D eigenvalue weighted by Gasteiger charge is -2.00. The fraction of sp³-hybridized carbons (Fsp3) is 0.167. The Labute approximate surface area is 81.2 Å². The van der Waals surface area contributed by atoms with Gasteiger partial charge < -0.3 is 5.32 Å². The third-order valence-corrected chi connectivity index (χ3v) is 1.44. The summed E-state index contributed by atoms with van der Waals surface area (Å²) in [6.45, 7) is 3.92. The van der Waals surface area contributed by atoms with E-state index in [0.29, 0.717) is 11.0 Å². The second-order valence-corrected chi connectivity index (χ2v) is 3.35. The molecule has 1 aromatic heterocycles. The van der Waals surface area contributed by atoms with Gasteiger partial charge in [-0.05, 0) is 0 Å². The Morgan fingerprint density at radius 3 is 2.85 bits per heavy atom. The maximum atomic E-state index is 11.0. The molecule has 0 aliphatic rings. The predicted molar refractivity (Wildman–Crippen MR) is 52.0 cm³/mol. The SMILES string of the molecule is C=C(Br)CNc1n[nH]c(=O)[nH]c1=O. The van der Waals surface area contributed by atoms with Crippen molar-refractivity contribution in [3.8, 4) is 0 Å². The maximum absolute atomic E-state index is 11.0. The zero-order valence-corrected chi connectivity index (χ0v) is 8.14. The van der Waals surface area contributed by atoms with Crippen LogP contribution in [0.2, 0.25) is 0 Å². The minimum atomic E-state index is -0.631. The Bertz CT molecular complexity index is 421. The molecule has 0 saturated heterocycles. The summed E-state index contributed by atoms with van der Waals surface area (Å²) in [6, 6.07) is 0. The van der Waals surface area contributed by atoms with E-state index in [0.717, 1.165) is 0 Å². The van der Waals surface area contributed by atoms with Gasteiger partial charge in [0.2, 0.25) is 5.82 Å². The normalized spacial score (nSPS) is 9.62. The summed E-state index contributed by atoms with van der Waals surface area (Å²) in [7, 11) is 0. The fourth-order valence-electron chi connectivity index (χ4n) is 0.647. The fourth-order valence-corrected chi connectivity index (χ4v) is 0.787. The van der Waals surface area contributed by atoms with Crippen LogP contribution in [-0.4, -0.2) is 21.7 Å². The molecule has 0 aromatic carbocycles. The molecular formula is C6H7BrN4O2. The smallest absolute Gasteiger partial charge is 0.342 e. The van der Waals surface area contributed by atoms with Crippen LogP contribution < -0.4 is 16.6 Å². The first-order chi connectivity index (χ1) is 6.09. The number of H-pyrrole nitrogens is 2. The number of anilines is 1. The van der Waals surface area contributed by atoms with Crippen LogP contribution in [0.5, 0.6) is 0 Å². The van der Waals surface area contributed by atoms with Crippen molar-refractivity contribution in [3.05, 3.63) is 31.9 Å². The van der Waals surface area contributed by atoms with E-state index in [-0.39, 0.29) is 5.82 Å². The van der Waals surface area contributed by atoms with E-state index in [9.17, 15) is 9.59 Å². The van der Waals surface area contributed by atoms with Crippen molar-refractivity contribution in [3.63, 3.8) is 0 Å².